The molecule has 0 atom stereocenters. The number of likely N-dealkylation sites (N-methyl/N-ethyl adjacent to an activating group) is 1. The van der Waals surface area contributed by atoms with Crippen molar-refractivity contribution in [3.8, 4) is 6.07 Å². The highest BCUT2D eigenvalue weighted by atomic mass is 35.5. The van der Waals surface area contributed by atoms with Gasteiger partial charge < -0.3 is 9.80 Å². The third kappa shape index (κ3) is 5.63. The van der Waals surface area contributed by atoms with Crippen molar-refractivity contribution >= 4 is 57.7 Å². The van der Waals surface area contributed by atoms with Crippen molar-refractivity contribution < 1.29 is 4.79 Å². The van der Waals surface area contributed by atoms with Crippen molar-refractivity contribution in [1.29, 1.82) is 5.26 Å². The molecule has 3 heterocycles. The van der Waals surface area contributed by atoms with E-state index in [2.05, 4.69) is 29.8 Å². The van der Waals surface area contributed by atoms with Gasteiger partial charge in [-0.25, -0.2) is 0 Å². The van der Waals surface area contributed by atoms with Crippen LogP contribution in [0.2, 0.25) is 5.02 Å². The summed E-state index contributed by atoms with van der Waals surface area (Å²) in [6.45, 7) is 7.89. The number of piperazine rings is 1. The molecule has 0 aliphatic carbocycles. The van der Waals surface area contributed by atoms with Crippen LogP contribution < -0.4 is 10.5 Å². The van der Waals surface area contributed by atoms with E-state index >= 15 is 0 Å². The van der Waals surface area contributed by atoms with Crippen LogP contribution in [0.4, 0.5) is 5.82 Å². The lowest BCUT2D eigenvalue weighted by molar-refractivity contribution is -0.122. The van der Waals surface area contributed by atoms with Crippen LogP contribution in [-0.4, -0.2) is 57.8 Å². The largest absolute Gasteiger partial charge is 0.355 e. The second-order valence-corrected chi connectivity index (χ2v) is 11.4. The van der Waals surface area contributed by atoms with Crippen LogP contribution in [0.5, 0.6) is 0 Å². The lowest BCUT2D eigenvalue weighted by atomic mass is 10.0. The summed E-state index contributed by atoms with van der Waals surface area (Å²) < 4.78 is 2.19. The van der Waals surface area contributed by atoms with Gasteiger partial charge in [0, 0.05) is 43.3 Å². The number of carbonyl (C=O) groups is 1. The normalized spacial score (nSPS) is 17.6. The molecule has 2 fully saturated rings. The topological polar surface area (TPSA) is 72.6 Å². The average molecular weight is 556 g/mol. The molecule has 2 aromatic rings. The van der Waals surface area contributed by atoms with Crippen molar-refractivity contribution in [3.63, 3.8) is 0 Å². The second kappa shape index (κ2) is 11.8. The van der Waals surface area contributed by atoms with Gasteiger partial charge in [-0.15, -0.1) is 0 Å². The fourth-order valence-electron chi connectivity index (χ4n) is 4.59. The minimum atomic E-state index is -0.272. The first-order valence-electron chi connectivity index (χ1n) is 12.4. The maximum Gasteiger partial charge on any atom is 0.270 e. The van der Waals surface area contributed by atoms with Gasteiger partial charge in [0.2, 0.25) is 0 Å². The second-order valence-electron chi connectivity index (χ2n) is 9.31. The van der Waals surface area contributed by atoms with Gasteiger partial charge >= 0.3 is 0 Å². The number of unbranched alkanes of at least 4 members (excludes halogenated alkanes) is 1. The van der Waals surface area contributed by atoms with Crippen LogP contribution in [0.3, 0.4) is 0 Å². The molecule has 1 amide bonds. The molecule has 0 bridgehead atoms. The Morgan fingerprint density at radius 3 is 2.54 bits per heavy atom. The third-order valence-corrected chi connectivity index (χ3v) is 8.57. The zero-order chi connectivity index (χ0) is 26.7. The Morgan fingerprint density at radius 1 is 1.19 bits per heavy atom. The number of carbonyl (C=O) groups excluding carboxylic acids is 1. The molecule has 0 radical (unpaired) electrons. The number of halogens is 1. The summed E-state index contributed by atoms with van der Waals surface area (Å²) >= 11 is 13.1. The first-order chi connectivity index (χ1) is 17.8. The van der Waals surface area contributed by atoms with E-state index in [1.165, 1.54) is 11.8 Å². The highest BCUT2D eigenvalue weighted by molar-refractivity contribution is 8.26. The van der Waals surface area contributed by atoms with E-state index in [0.717, 1.165) is 56.0 Å². The molecule has 7 nitrogen and oxygen atoms in total. The van der Waals surface area contributed by atoms with Gasteiger partial charge in [0.15, 0.2) is 0 Å². The molecule has 4 rings (SSSR count). The van der Waals surface area contributed by atoms with Crippen LogP contribution in [0.25, 0.3) is 6.08 Å². The molecule has 2 aliphatic rings. The van der Waals surface area contributed by atoms with Gasteiger partial charge in [0.1, 0.15) is 21.8 Å². The summed E-state index contributed by atoms with van der Waals surface area (Å²) in [6.07, 6.45) is 3.55. The zero-order valence-electron chi connectivity index (χ0n) is 21.3. The third-order valence-electron chi connectivity index (χ3n) is 6.82. The van der Waals surface area contributed by atoms with E-state index < -0.39 is 0 Å². The van der Waals surface area contributed by atoms with Gasteiger partial charge in [0.05, 0.1) is 11.4 Å². The van der Waals surface area contributed by atoms with Crippen LogP contribution in [0.15, 0.2) is 34.0 Å². The molecule has 1 aromatic carbocycles. The van der Waals surface area contributed by atoms with Gasteiger partial charge in [-0.3, -0.25) is 19.1 Å². The molecule has 2 aliphatic heterocycles. The quantitative estimate of drug-likeness (QED) is 0.364. The standard InChI is InChI=1S/C27H30ClN5O2S2/c1-4-5-10-32-24(31-13-11-30(3)12-14-31)20(18(2)21(16-29)25(32)34)15-23-26(35)33(27(36)37-23)17-19-8-6-7-9-22(19)28/h6-9,15H,4-5,10-14,17H2,1-3H3. The molecule has 194 valence electrons. The van der Waals surface area contributed by atoms with Crippen molar-refractivity contribution in [2.24, 2.45) is 0 Å². The van der Waals surface area contributed by atoms with Crippen molar-refractivity contribution in [2.45, 2.75) is 39.8 Å². The Balaban J connectivity index is 1.82. The summed E-state index contributed by atoms with van der Waals surface area (Å²) in [7, 11) is 2.08. The van der Waals surface area contributed by atoms with E-state index in [-0.39, 0.29) is 23.6 Å². The minimum absolute atomic E-state index is 0.117. The van der Waals surface area contributed by atoms with Crippen LogP contribution in [-0.2, 0) is 17.9 Å². The van der Waals surface area contributed by atoms with E-state index in [4.69, 9.17) is 23.8 Å². The number of anilines is 1. The van der Waals surface area contributed by atoms with Crippen LogP contribution >= 0.6 is 35.6 Å². The lowest BCUT2D eigenvalue weighted by Crippen LogP contribution is -2.47. The molecule has 0 unspecified atom stereocenters. The van der Waals surface area contributed by atoms with Crippen molar-refractivity contribution in [3.05, 3.63) is 66.8 Å². The predicted octanol–water partition coefficient (Wildman–Crippen LogP) is 4.64. The fraction of sp³-hybridized carbons (Fsp3) is 0.407. The number of pyridine rings is 1. The Kier molecular flexibility index (Phi) is 8.75. The summed E-state index contributed by atoms with van der Waals surface area (Å²) in [6, 6.07) is 9.51. The Labute approximate surface area is 232 Å². The predicted molar refractivity (Wildman–Crippen MR) is 155 cm³/mol. The Hall–Kier alpha value is -2.64. The number of amides is 1. The number of nitriles is 1. The molecule has 0 saturated carbocycles. The summed E-state index contributed by atoms with van der Waals surface area (Å²) in [5, 5.41) is 10.5. The van der Waals surface area contributed by atoms with Crippen molar-refractivity contribution in [1.82, 2.24) is 14.4 Å². The van der Waals surface area contributed by atoms with Crippen molar-refractivity contribution in [2.75, 3.05) is 38.1 Å². The number of benzene rings is 1. The van der Waals surface area contributed by atoms with Gasteiger partial charge in [-0.2, -0.15) is 5.26 Å². The SMILES string of the molecule is CCCCn1c(N2CCN(C)CC2)c(C=C2SC(=S)N(Cc3ccccc3Cl)C2=O)c(C)c(C#N)c1=O. The summed E-state index contributed by atoms with van der Waals surface area (Å²) in [5.74, 6) is 0.572. The minimum Gasteiger partial charge on any atom is -0.355 e. The van der Waals surface area contributed by atoms with Crippen LogP contribution in [0, 0.1) is 18.3 Å². The maximum atomic E-state index is 13.5. The van der Waals surface area contributed by atoms with E-state index in [0.29, 0.717) is 26.4 Å². The fourth-order valence-corrected chi connectivity index (χ4v) is 6.02. The number of thiocarbonyl (C=S) groups is 1. The van der Waals surface area contributed by atoms with Crippen LogP contribution in [0.1, 0.15) is 42.0 Å². The van der Waals surface area contributed by atoms with E-state index in [9.17, 15) is 14.9 Å². The zero-order valence-corrected chi connectivity index (χ0v) is 23.7. The molecule has 10 heteroatoms. The highest BCUT2D eigenvalue weighted by Crippen LogP contribution is 2.37. The molecular formula is C27H30ClN5O2S2. The number of nitrogens with zero attached hydrogens (tertiary/aromatic N) is 5. The molecule has 0 N–H and O–H groups in total. The number of hydrogen-bond donors (Lipinski definition) is 0. The monoisotopic (exact) mass is 555 g/mol. The number of hydrogen-bond acceptors (Lipinski definition) is 7. The van der Waals surface area contributed by atoms with Gasteiger partial charge in [0.25, 0.3) is 11.5 Å². The summed E-state index contributed by atoms with van der Waals surface area (Å²) in [5.41, 5.74) is 1.98. The number of thioether (sulfide) groups is 1. The smallest absolute Gasteiger partial charge is 0.270 e. The van der Waals surface area contributed by atoms with Gasteiger partial charge in [-0.05, 0) is 43.7 Å². The molecular weight excluding hydrogens is 526 g/mol. The molecule has 1 aromatic heterocycles. The maximum absolute atomic E-state index is 13.5. The van der Waals surface area contributed by atoms with E-state index in [1.54, 1.807) is 22.5 Å². The first kappa shape index (κ1) is 27.4. The molecule has 37 heavy (non-hydrogen) atoms. The number of rotatable bonds is 7. The lowest BCUT2D eigenvalue weighted by Gasteiger charge is -2.36. The van der Waals surface area contributed by atoms with Gasteiger partial charge in [-0.1, -0.05) is 67.1 Å². The first-order valence-corrected chi connectivity index (χ1v) is 14.0. The summed E-state index contributed by atoms with van der Waals surface area (Å²) in [4.78, 5) is 33.4. The molecule has 0 spiro atoms. The average Bonchev–Trinajstić information content (AvgIpc) is 3.14. The van der Waals surface area contributed by atoms with E-state index in [1.807, 2.05) is 24.3 Å². The molecule has 2 saturated heterocycles. The Bertz CT molecular complexity index is 1360. The highest BCUT2D eigenvalue weighted by Gasteiger charge is 2.34. The Morgan fingerprint density at radius 2 is 1.89 bits per heavy atom. The number of aromatic nitrogens is 1.